The van der Waals surface area contributed by atoms with E-state index in [-0.39, 0.29) is 33.8 Å². The van der Waals surface area contributed by atoms with E-state index in [2.05, 4.69) is 10.3 Å². The number of halogens is 2. The summed E-state index contributed by atoms with van der Waals surface area (Å²) in [4.78, 5) is 16.4. The summed E-state index contributed by atoms with van der Waals surface area (Å²) in [6.07, 6.45) is 4.33. The van der Waals surface area contributed by atoms with Crippen LogP contribution in [0.2, 0.25) is 0 Å². The number of amides is 1. The molecule has 1 N–H and O–H groups in total. The number of nitriles is 1. The molecule has 0 unspecified atom stereocenters. The Kier molecular flexibility index (Phi) is 3.14. The van der Waals surface area contributed by atoms with Gasteiger partial charge in [-0.25, -0.2) is 13.8 Å². The number of carbonyl (C=O) groups excluding carboxylic acids is 1. The predicted molar refractivity (Wildman–Crippen MR) is 81.8 cm³/mol. The van der Waals surface area contributed by atoms with Crippen molar-refractivity contribution in [3.05, 3.63) is 53.4 Å². The lowest BCUT2D eigenvalue weighted by molar-refractivity contribution is -0.0438. The maximum Gasteiger partial charge on any atom is 0.253 e. The van der Waals surface area contributed by atoms with Crippen molar-refractivity contribution in [2.24, 2.45) is 5.92 Å². The Balaban J connectivity index is 1.70. The highest BCUT2D eigenvalue weighted by Gasteiger charge is 2.57. The molecule has 1 heterocycles. The Bertz CT molecular complexity index is 866. The molecule has 0 atom stereocenters. The summed E-state index contributed by atoms with van der Waals surface area (Å²) in [5.74, 6) is -1.05. The van der Waals surface area contributed by atoms with Crippen LogP contribution in [0.1, 0.15) is 35.3 Å². The minimum Gasteiger partial charge on any atom is -0.347 e. The minimum absolute atomic E-state index is 0.0158. The number of nitrogens with zero attached hydrogens (tertiary/aromatic N) is 2. The van der Waals surface area contributed by atoms with Gasteiger partial charge in [0, 0.05) is 23.4 Å². The second kappa shape index (κ2) is 5.10. The van der Waals surface area contributed by atoms with Gasteiger partial charge in [-0.05, 0) is 48.9 Å². The van der Waals surface area contributed by atoms with Crippen molar-refractivity contribution in [3.8, 4) is 17.2 Å². The molecule has 2 bridgehead atoms. The zero-order valence-electron chi connectivity index (χ0n) is 12.6. The maximum atomic E-state index is 13.5. The van der Waals surface area contributed by atoms with Crippen LogP contribution in [0, 0.1) is 28.9 Å². The molecule has 0 aliphatic heterocycles. The standard InChI is InChI=1S/C18H13F2N3O/c19-13-1-11(2-14(20)4-13)15-3-12(9-22-16(15)8-21)17(24)23-18-5-10(6-18)7-18/h1-4,9-10H,5-7H2,(H,23,24). The number of aromatic nitrogens is 1. The van der Waals surface area contributed by atoms with Gasteiger partial charge in [-0.2, -0.15) is 5.26 Å². The number of pyridine rings is 1. The number of carbonyl (C=O) groups is 1. The van der Waals surface area contributed by atoms with Crippen molar-refractivity contribution in [3.63, 3.8) is 0 Å². The van der Waals surface area contributed by atoms with Gasteiger partial charge in [0.1, 0.15) is 23.4 Å². The fourth-order valence-electron chi connectivity index (χ4n) is 3.55. The third-order valence-electron chi connectivity index (χ3n) is 4.85. The largest absolute Gasteiger partial charge is 0.347 e. The lowest BCUT2D eigenvalue weighted by atomic mass is 9.50. The summed E-state index contributed by atoms with van der Waals surface area (Å²) in [5, 5.41) is 12.2. The molecule has 6 heteroatoms. The molecule has 0 saturated heterocycles. The molecule has 0 spiro atoms. The van der Waals surface area contributed by atoms with Crippen molar-refractivity contribution >= 4 is 5.91 Å². The van der Waals surface area contributed by atoms with Gasteiger partial charge in [-0.3, -0.25) is 4.79 Å². The van der Waals surface area contributed by atoms with Gasteiger partial charge in [-0.15, -0.1) is 0 Å². The van der Waals surface area contributed by atoms with Gasteiger partial charge in [0.25, 0.3) is 5.91 Å². The van der Waals surface area contributed by atoms with Crippen LogP contribution in [0.15, 0.2) is 30.5 Å². The number of nitrogens with one attached hydrogen (secondary N) is 1. The van der Waals surface area contributed by atoms with Gasteiger partial charge in [0.2, 0.25) is 0 Å². The molecule has 24 heavy (non-hydrogen) atoms. The first kappa shape index (κ1) is 14.8. The molecule has 1 amide bonds. The van der Waals surface area contributed by atoms with Gasteiger partial charge in [0.15, 0.2) is 0 Å². The Morgan fingerprint density at radius 1 is 1.21 bits per heavy atom. The van der Waals surface area contributed by atoms with Crippen LogP contribution in [0.4, 0.5) is 8.78 Å². The molecule has 3 aliphatic carbocycles. The van der Waals surface area contributed by atoms with Crippen molar-refractivity contribution in [1.82, 2.24) is 10.3 Å². The van der Waals surface area contributed by atoms with Crippen LogP contribution in [0.25, 0.3) is 11.1 Å². The summed E-state index contributed by atoms with van der Waals surface area (Å²) in [5.41, 5.74) is 0.624. The lowest BCUT2D eigenvalue weighted by Gasteiger charge is -2.61. The Labute approximate surface area is 137 Å². The minimum atomic E-state index is -0.752. The summed E-state index contributed by atoms with van der Waals surface area (Å²) < 4.78 is 26.9. The van der Waals surface area contributed by atoms with E-state index < -0.39 is 11.6 Å². The third kappa shape index (κ3) is 2.33. The molecule has 1 aromatic heterocycles. The van der Waals surface area contributed by atoms with E-state index in [1.807, 2.05) is 6.07 Å². The highest BCUT2D eigenvalue weighted by atomic mass is 19.1. The molecule has 3 fully saturated rings. The van der Waals surface area contributed by atoms with E-state index in [0.29, 0.717) is 0 Å². The molecule has 1 aromatic carbocycles. The highest BCUT2D eigenvalue weighted by molar-refractivity contribution is 5.96. The van der Waals surface area contributed by atoms with E-state index in [1.54, 1.807) is 0 Å². The molecule has 4 nitrogen and oxygen atoms in total. The summed E-state index contributed by atoms with van der Waals surface area (Å²) in [6, 6.07) is 6.33. The maximum absolute atomic E-state index is 13.5. The monoisotopic (exact) mass is 325 g/mol. The zero-order chi connectivity index (χ0) is 16.9. The summed E-state index contributed by atoms with van der Waals surface area (Å²) in [6.45, 7) is 0. The highest BCUT2D eigenvalue weighted by Crippen LogP contribution is 2.57. The van der Waals surface area contributed by atoms with Crippen LogP contribution >= 0.6 is 0 Å². The predicted octanol–water partition coefficient (Wildman–Crippen LogP) is 3.18. The van der Waals surface area contributed by atoms with E-state index in [9.17, 15) is 18.8 Å². The van der Waals surface area contributed by atoms with E-state index in [4.69, 9.17) is 0 Å². The van der Waals surface area contributed by atoms with Crippen molar-refractivity contribution < 1.29 is 13.6 Å². The molecular weight excluding hydrogens is 312 g/mol. The first-order valence-electron chi connectivity index (χ1n) is 7.67. The Morgan fingerprint density at radius 2 is 1.88 bits per heavy atom. The number of rotatable bonds is 3. The topological polar surface area (TPSA) is 65.8 Å². The van der Waals surface area contributed by atoms with Crippen LogP contribution in [-0.2, 0) is 0 Å². The Morgan fingerprint density at radius 3 is 2.42 bits per heavy atom. The first-order valence-corrected chi connectivity index (χ1v) is 7.67. The SMILES string of the molecule is N#Cc1ncc(C(=O)NC23CC(C2)C3)cc1-c1cc(F)cc(F)c1. The molecular formula is C18H13F2N3O. The normalized spacial score (nSPS) is 23.6. The van der Waals surface area contributed by atoms with Crippen molar-refractivity contribution in [2.45, 2.75) is 24.8 Å². The van der Waals surface area contributed by atoms with Crippen LogP contribution in [0.5, 0.6) is 0 Å². The molecule has 3 aliphatic rings. The van der Waals surface area contributed by atoms with Gasteiger partial charge >= 0.3 is 0 Å². The van der Waals surface area contributed by atoms with Gasteiger partial charge < -0.3 is 5.32 Å². The van der Waals surface area contributed by atoms with Crippen molar-refractivity contribution in [2.75, 3.05) is 0 Å². The zero-order valence-corrected chi connectivity index (χ0v) is 12.6. The van der Waals surface area contributed by atoms with Crippen molar-refractivity contribution in [1.29, 1.82) is 5.26 Å². The number of benzene rings is 1. The quantitative estimate of drug-likeness (QED) is 0.942. The average Bonchev–Trinajstić information content (AvgIpc) is 2.47. The van der Waals surface area contributed by atoms with E-state index >= 15 is 0 Å². The fourth-order valence-corrected chi connectivity index (χ4v) is 3.55. The van der Waals surface area contributed by atoms with Crippen LogP contribution in [0.3, 0.4) is 0 Å². The molecule has 0 radical (unpaired) electrons. The fraction of sp³-hybridized carbons (Fsp3) is 0.278. The van der Waals surface area contributed by atoms with Gasteiger partial charge in [0.05, 0.1) is 5.56 Å². The second-order valence-electron chi connectivity index (χ2n) is 6.60. The molecule has 5 rings (SSSR count). The first-order chi connectivity index (χ1) is 11.5. The van der Waals surface area contributed by atoms with Crippen LogP contribution < -0.4 is 5.32 Å². The van der Waals surface area contributed by atoms with E-state index in [1.165, 1.54) is 12.3 Å². The molecule has 2 aromatic rings. The number of hydrogen-bond donors (Lipinski definition) is 1. The summed E-state index contributed by atoms with van der Waals surface area (Å²) in [7, 11) is 0. The smallest absolute Gasteiger partial charge is 0.253 e. The lowest BCUT2D eigenvalue weighted by Crippen LogP contribution is -2.68. The molecule has 120 valence electrons. The summed E-state index contributed by atoms with van der Waals surface area (Å²) >= 11 is 0. The third-order valence-corrected chi connectivity index (χ3v) is 4.85. The molecule has 3 saturated carbocycles. The number of hydrogen-bond acceptors (Lipinski definition) is 3. The van der Waals surface area contributed by atoms with E-state index in [0.717, 1.165) is 43.4 Å². The Hall–Kier alpha value is -2.81. The second-order valence-corrected chi connectivity index (χ2v) is 6.60. The average molecular weight is 325 g/mol. The van der Waals surface area contributed by atoms with Crippen LogP contribution in [-0.4, -0.2) is 16.4 Å². The van der Waals surface area contributed by atoms with Gasteiger partial charge in [-0.1, -0.05) is 0 Å².